The predicted octanol–water partition coefficient (Wildman–Crippen LogP) is 4.95. The predicted molar refractivity (Wildman–Crippen MR) is 106 cm³/mol. The van der Waals surface area contributed by atoms with Gasteiger partial charge in [0.25, 0.3) is 0 Å². The van der Waals surface area contributed by atoms with Crippen molar-refractivity contribution in [2.24, 2.45) is 5.41 Å². The van der Waals surface area contributed by atoms with Crippen LogP contribution in [0.15, 0.2) is 91.0 Å². The lowest BCUT2D eigenvalue weighted by Gasteiger charge is -2.30. The minimum atomic E-state index is -0.655. The maximum Gasteiger partial charge on any atom is 0.333 e. The third-order valence-electron chi connectivity index (χ3n) is 5.27. The average Bonchev–Trinajstić information content (AvgIpc) is 2.93. The second-order valence-corrected chi connectivity index (χ2v) is 7.33. The Kier molecular flexibility index (Phi) is 4.78. The van der Waals surface area contributed by atoms with Crippen LogP contribution in [0.25, 0.3) is 0 Å². The number of carbonyl (C=O) groups is 1. The fourth-order valence-corrected chi connectivity index (χ4v) is 3.94. The molecule has 136 valence electrons. The van der Waals surface area contributed by atoms with E-state index in [4.69, 9.17) is 4.84 Å². The molecule has 2 atom stereocenters. The molecule has 0 aromatic heterocycles. The Morgan fingerprint density at radius 2 is 1.33 bits per heavy atom. The summed E-state index contributed by atoms with van der Waals surface area (Å²) in [5, 5.41) is 1.84. The van der Waals surface area contributed by atoms with Crippen molar-refractivity contribution in [2.45, 2.75) is 25.9 Å². The third kappa shape index (κ3) is 3.51. The number of carbonyl (C=O) groups excluding carboxylic acids is 1. The topological polar surface area (TPSA) is 29.5 Å². The maximum atomic E-state index is 13.0. The number of nitrogens with zero attached hydrogens (tertiary/aromatic N) is 1. The van der Waals surface area contributed by atoms with Gasteiger partial charge in [-0.05, 0) is 30.0 Å². The van der Waals surface area contributed by atoms with Crippen LogP contribution in [-0.2, 0) is 22.6 Å². The SMILES string of the molecule is C[C@@]1(Cc2ccccc2)C(=O)ON(Cc2ccccc2)[C@H]1c1ccccc1. The summed E-state index contributed by atoms with van der Waals surface area (Å²) in [5.41, 5.74) is 2.70. The van der Waals surface area contributed by atoms with Gasteiger partial charge in [-0.3, -0.25) is 0 Å². The highest BCUT2D eigenvalue weighted by atomic mass is 16.7. The Morgan fingerprint density at radius 3 is 1.93 bits per heavy atom. The van der Waals surface area contributed by atoms with E-state index in [0.29, 0.717) is 13.0 Å². The Balaban J connectivity index is 1.71. The molecule has 0 bridgehead atoms. The minimum Gasteiger partial charge on any atom is -0.366 e. The van der Waals surface area contributed by atoms with E-state index in [1.807, 2.05) is 66.6 Å². The minimum absolute atomic E-state index is 0.147. The quantitative estimate of drug-likeness (QED) is 0.647. The van der Waals surface area contributed by atoms with Crippen LogP contribution in [0.5, 0.6) is 0 Å². The molecule has 3 aromatic rings. The van der Waals surface area contributed by atoms with Gasteiger partial charge in [-0.1, -0.05) is 91.0 Å². The molecular weight excluding hydrogens is 334 g/mol. The number of rotatable bonds is 5. The number of benzene rings is 3. The van der Waals surface area contributed by atoms with Gasteiger partial charge in [0.15, 0.2) is 0 Å². The zero-order chi connectivity index (χ0) is 18.7. The van der Waals surface area contributed by atoms with Crippen LogP contribution in [0.2, 0.25) is 0 Å². The van der Waals surface area contributed by atoms with Crippen molar-refractivity contribution in [1.29, 1.82) is 0 Å². The van der Waals surface area contributed by atoms with Crippen LogP contribution in [-0.4, -0.2) is 11.0 Å². The molecule has 3 aromatic carbocycles. The Labute approximate surface area is 160 Å². The first-order valence-corrected chi connectivity index (χ1v) is 9.29. The van der Waals surface area contributed by atoms with E-state index in [0.717, 1.165) is 16.7 Å². The highest BCUT2D eigenvalue weighted by molar-refractivity contribution is 5.79. The summed E-state index contributed by atoms with van der Waals surface area (Å²) in [7, 11) is 0. The standard InChI is InChI=1S/C24H23NO2/c1-24(17-19-11-5-2-6-12-19)22(21-15-9-4-10-16-21)25(27-23(24)26)18-20-13-7-3-8-14-20/h2-16,22H,17-18H2,1H3/t22-,24-/m0/s1. The van der Waals surface area contributed by atoms with Crippen LogP contribution in [0.1, 0.15) is 29.7 Å². The zero-order valence-electron chi connectivity index (χ0n) is 15.4. The molecule has 1 heterocycles. The van der Waals surface area contributed by atoms with Gasteiger partial charge in [-0.15, -0.1) is 5.06 Å². The number of hydrogen-bond donors (Lipinski definition) is 0. The molecule has 0 N–H and O–H groups in total. The smallest absolute Gasteiger partial charge is 0.333 e. The molecule has 3 nitrogen and oxygen atoms in total. The van der Waals surface area contributed by atoms with Crippen molar-refractivity contribution in [3.63, 3.8) is 0 Å². The lowest BCUT2D eigenvalue weighted by atomic mass is 9.75. The molecule has 0 saturated carbocycles. The monoisotopic (exact) mass is 357 g/mol. The van der Waals surface area contributed by atoms with Gasteiger partial charge in [0.2, 0.25) is 0 Å². The summed E-state index contributed by atoms with van der Waals surface area (Å²) >= 11 is 0. The van der Waals surface area contributed by atoms with Crippen LogP contribution in [0.4, 0.5) is 0 Å². The molecule has 1 fully saturated rings. The van der Waals surface area contributed by atoms with E-state index >= 15 is 0 Å². The molecule has 0 radical (unpaired) electrons. The fourth-order valence-electron chi connectivity index (χ4n) is 3.94. The first-order chi connectivity index (χ1) is 13.2. The number of hydrogen-bond acceptors (Lipinski definition) is 3. The van der Waals surface area contributed by atoms with E-state index in [2.05, 4.69) is 36.4 Å². The molecule has 0 amide bonds. The second-order valence-electron chi connectivity index (χ2n) is 7.33. The van der Waals surface area contributed by atoms with Gasteiger partial charge in [-0.25, -0.2) is 4.79 Å². The summed E-state index contributed by atoms with van der Waals surface area (Å²) in [6.45, 7) is 2.58. The maximum absolute atomic E-state index is 13.0. The van der Waals surface area contributed by atoms with E-state index in [1.54, 1.807) is 0 Å². The first kappa shape index (κ1) is 17.5. The molecular formula is C24H23NO2. The summed E-state index contributed by atoms with van der Waals surface area (Å²) in [4.78, 5) is 18.8. The first-order valence-electron chi connectivity index (χ1n) is 9.29. The second kappa shape index (κ2) is 7.37. The third-order valence-corrected chi connectivity index (χ3v) is 5.27. The van der Waals surface area contributed by atoms with Crippen molar-refractivity contribution >= 4 is 5.97 Å². The van der Waals surface area contributed by atoms with Crippen molar-refractivity contribution in [2.75, 3.05) is 0 Å². The lowest BCUT2D eigenvalue weighted by Crippen LogP contribution is -2.34. The summed E-state index contributed by atoms with van der Waals surface area (Å²) in [5.74, 6) is -0.170. The van der Waals surface area contributed by atoms with E-state index in [9.17, 15) is 4.79 Å². The van der Waals surface area contributed by atoms with Crippen molar-refractivity contribution < 1.29 is 9.63 Å². The van der Waals surface area contributed by atoms with Gasteiger partial charge in [0.05, 0.1) is 18.0 Å². The van der Waals surface area contributed by atoms with Gasteiger partial charge in [-0.2, -0.15) is 0 Å². The van der Waals surface area contributed by atoms with Crippen molar-refractivity contribution in [1.82, 2.24) is 5.06 Å². The van der Waals surface area contributed by atoms with Crippen LogP contribution in [0, 0.1) is 5.41 Å². The summed E-state index contributed by atoms with van der Waals surface area (Å²) in [6.07, 6.45) is 0.636. The van der Waals surface area contributed by atoms with Gasteiger partial charge < -0.3 is 4.84 Å². The van der Waals surface area contributed by atoms with Gasteiger partial charge in [0, 0.05) is 0 Å². The number of hydroxylamine groups is 2. The molecule has 1 aliphatic rings. The normalized spacial score (nSPS) is 22.6. The Hall–Kier alpha value is -2.91. The van der Waals surface area contributed by atoms with Gasteiger partial charge in [0.1, 0.15) is 0 Å². The summed E-state index contributed by atoms with van der Waals surface area (Å²) < 4.78 is 0. The van der Waals surface area contributed by atoms with Crippen LogP contribution >= 0.6 is 0 Å². The fraction of sp³-hybridized carbons (Fsp3) is 0.208. The largest absolute Gasteiger partial charge is 0.366 e. The molecule has 1 saturated heterocycles. The van der Waals surface area contributed by atoms with Gasteiger partial charge >= 0.3 is 5.97 Å². The molecule has 27 heavy (non-hydrogen) atoms. The van der Waals surface area contributed by atoms with Crippen LogP contribution in [0.3, 0.4) is 0 Å². The summed E-state index contributed by atoms with van der Waals surface area (Å²) in [6, 6.07) is 30.3. The van der Waals surface area contributed by atoms with Crippen molar-refractivity contribution in [3.8, 4) is 0 Å². The molecule has 0 aliphatic carbocycles. The molecule has 0 spiro atoms. The molecule has 0 unspecified atom stereocenters. The molecule has 3 heteroatoms. The van der Waals surface area contributed by atoms with Crippen molar-refractivity contribution in [3.05, 3.63) is 108 Å². The molecule has 4 rings (SSSR count). The Bertz CT molecular complexity index is 895. The average molecular weight is 357 g/mol. The van der Waals surface area contributed by atoms with E-state index < -0.39 is 5.41 Å². The molecule has 1 aliphatic heterocycles. The zero-order valence-corrected chi connectivity index (χ0v) is 15.4. The van der Waals surface area contributed by atoms with E-state index in [-0.39, 0.29) is 12.0 Å². The highest BCUT2D eigenvalue weighted by Gasteiger charge is 2.54. The lowest BCUT2D eigenvalue weighted by molar-refractivity contribution is -0.179. The Morgan fingerprint density at radius 1 is 0.815 bits per heavy atom. The van der Waals surface area contributed by atoms with Crippen LogP contribution < -0.4 is 0 Å². The highest BCUT2D eigenvalue weighted by Crippen LogP contribution is 2.48. The van der Waals surface area contributed by atoms with E-state index in [1.165, 1.54) is 0 Å².